The van der Waals surface area contributed by atoms with Crippen molar-refractivity contribution in [3.8, 4) is 0 Å². The number of carbonyl (C=O) groups excluding carboxylic acids is 6. The Morgan fingerprint density at radius 2 is 1.24 bits per heavy atom. The average Bonchev–Trinajstić information content (AvgIpc) is 2.54. The average molecular weight is 417 g/mol. The summed E-state index contributed by atoms with van der Waals surface area (Å²) < 4.78 is 10.7. The smallest absolute Gasteiger partial charge is 0.373 e. The minimum absolute atomic E-state index is 0.138. The van der Waals surface area contributed by atoms with Gasteiger partial charge in [-0.25, -0.2) is 0 Å². The van der Waals surface area contributed by atoms with Crippen molar-refractivity contribution >= 4 is 24.2 Å². The van der Waals surface area contributed by atoms with Crippen LogP contribution in [0.4, 0.5) is 0 Å². The van der Waals surface area contributed by atoms with E-state index in [-0.39, 0.29) is 36.1 Å². The van der Waals surface area contributed by atoms with Crippen molar-refractivity contribution in [2.75, 3.05) is 6.61 Å². The van der Waals surface area contributed by atoms with Crippen molar-refractivity contribution in [1.29, 1.82) is 0 Å². The molecular weight excluding hydrogens is 380 g/mol. The zero-order chi connectivity index (χ0) is 23.7. The highest BCUT2D eigenvalue weighted by Crippen LogP contribution is 2.39. The van der Waals surface area contributed by atoms with Gasteiger partial charge in [-0.05, 0) is 58.8 Å². The predicted octanol–water partition coefficient (Wildman–Crippen LogP) is 3.73. The SMILES string of the molecule is CCOC(=O)C(CC)(CCC(=O)OC(C)(C)C)CCC(C)(C)C.O=C=O.O=C=O. The van der Waals surface area contributed by atoms with Gasteiger partial charge in [-0.15, -0.1) is 0 Å². The van der Waals surface area contributed by atoms with Crippen LogP contribution in [-0.4, -0.2) is 36.4 Å². The molecule has 0 aliphatic rings. The molecule has 168 valence electrons. The van der Waals surface area contributed by atoms with Crippen LogP contribution in [0.2, 0.25) is 0 Å². The monoisotopic (exact) mass is 416 g/mol. The van der Waals surface area contributed by atoms with Crippen LogP contribution in [0.25, 0.3) is 0 Å². The van der Waals surface area contributed by atoms with E-state index in [0.717, 1.165) is 12.8 Å². The Morgan fingerprint density at radius 3 is 1.55 bits per heavy atom. The minimum Gasteiger partial charge on any atom is -0.466 e. The molecule has 0 spiro atoms. The second-order valence-corrected chi connectivity index (χ2v) is 8.67. The number of rotatable bonds is 8. The Bertz CT molecular complexity index is 530. The van der Waals surface area contributed by atoms with Crippen molar-refractivity contribution in [3.63, 3.8) is 0 Å². The first-order chi connectivity index (χ1) is 13.2. The Morgan fingerprint density at radius 1 is 0.793 bits per heavy atom. The van der Waals surface area contributed by atoms with Crippen molar-refractivity contribution < 1.29 is 38.2 Å². The molecule has 1 unspecified atom stereocenters. The molecule has 0 rings (SSSR count). The van der Waals surface area contributed by atoms with Crippen molar-refractivity contribution in [1.82, 2.24) is 0 Å². The van der Waals surface area contributed by atoms with E-state index in [1.165, 1.54) is 0 Å². The molecule has 0 radical (unpaired) electrons. The standard InChI is InChI=1S/C19H36O4.2CO2/c1-9-19(16(21)22-10-2,14-13-17(3,4)5)12-11-15(20)23-18(6,7)8;2*2-1-3/h9-14H2,1-8H3;;. The quantitative estimate of drug-likeness (QED) is 0.549. The summed E-state index contributed by atoms with van der Waals surface area (Å²) in [5.74, 6) is -0.439. The Kier molecular flexibility index (Phi) is 16.9. The zero-order valence-electron chi connectivity index (χ0n) is 19.0. The molecule has 0 fully saturated rings. The molecule has 0 heterocycles. The van der Waals surface area contributed by atoms with E-state index in [1.54, 1.807) is 0 Å². The molecule has 8 heteroatoms. The maximum Gasteiger partial charge on any atom is 0.373 e. The van der Waals surface area contributed by atoms with E-state index in [2.05, 4.69) is 20.8 Å². The maximum absolute atomic E-state index is 12.5. The highest BCUT2D eigenvalue weighted by Gasteiger charge is 2.39. The maximum atomic E-state index is 12.5. The third kappa shape index (κ3) is 18.8. The Balaban J connectivity index is -0.000000993. The second-order valence-electron chi connectivity index (χ2n) is 8.67. The second kappa shape index (κ2) is 15.6. The van der Waals surface area contributed by atoms with Gasteiger partial charge in [0.25, 0.3) is 0 Å². The summed E-state index contributed by atoms with van der Waals surface area (Å²) >= 11 is 0. The van der Waals surface area contributed by atoms with Gasteiger partial charge in [-0.3, -0.25) is 9.59 Å². The largest absolute Gasteiger partial charge is 0.466 e. The predicted molar refractivity (Wildman–Crippen MR) is 103 cm³/mol. The third-order valence-electron chi connectivity index (χ3n) is 3.97. The van der Waals surface area contributed by atoms with E-state index in [4.69, 9.17) is 28.7 Å². The highest BCUT2D eigenvalue weighted by molar-refractivity contribution is 5.78. The summed E-state index contributed by atoms with van der Waals surface area (Å²) in [4.78, 5) is 57.1. The number of esters is 2. The van der Waals surface area contributed by atoms with Gasteiger partial charge in [0.15, 0.2) is 0 Å². The van der Waals surface area contributed by atoms with Crippen LogP contribution < -0.4 is 0 Å². The molecule has 0 saturated heterocycles. The lowest BCUT2D eigenvalue weighted by Crippen LogP contribution is -2.35. The molecule has 0 aliphatic carbocycles. The molecule has 8 nitrogen and oxygen atoms in total. The molecule has 0 aromatic rings. The lowest BCUT2D eigenvalue weighted by molar-refractivity contribution is -0.193. The summed E-state index contributed by atoms with van der Waals surface area (Å²) in [5.41, 5.74) is -0.958. The topological polar surface area (TPSA) is 121 Å². The highest BCUT2D eigenvalue weighted by atomic mass is 16.6. The fraction of sp³-hybridized carbons (Fsp3) is 0.810. The molecule has 1 atom stereocenters. The number of hydrogen-bond donors (Lipinski definition) is 0. The summed E-state index contributed by atoms with van der Waals surface area (Å²) in [5, 5.41) is 0. The van der Waals surface area contributed by atoms with Crippen LogP contribution in [0.15, 0.2) is 0 Å². The molecule has 0 N–H and O–H groups in total. The molecule has 0 aliphatic heterocycles. The van der Waals surface area contributed by atoms with Crippen LogP contribution in [-0.2, 0) is 38.2 Å². The first-order valence-corrected chi connectivity index (χ1v) is 9.56. The van der Waals surface area contributed by atoms with Gasteiger partial charge in [-0.1, -0.05) is 27.7 Å². The molecule has 0 saturated carbocycles. The van der Waals surface area contributed by atoms with Crippen LogP contribution in [0.5, 0.6) is 0 Å². The van der Waals surface area contributed by atoms with Crippen molar-refractivity contribution in [2.45, 2.75) is 93.1 Å². The summed E-state index contributed by atoms with van der Waals surface area (Å²) in [6.07, 6.45) is 3.54. The fourth-order valence-electron chi connectivity index (χ4n) is 2.46. The van der Waals surface area contributed by atoms with Gasteiger partial charge in [0.1, 0.15) is 5.60 Å². The van der Waals surface area contributed by atoms with Gasteiger partial charge < -0.3 is 9.47 Å². The lowest BCUT2D eigenvalue weighted by Gasteiger charge is -2.33. The van der Waals surface area contributed by atoms with Gasteiger partial charge >= 0.3 is 24.2 Å². The van der Waals surface area contributed by atoms with Crippen LogP contribution in [0.3, 0.4) is 0 Å². The molecule has 0 aromatic carbocycles. The number of carbonyl (C=O) groups is 2. The number of ether oxygens (including phenoxy) is 2. The van der Waals surface area contributed by atoms with Crippen molar-refractivity contribution in [2.24, 2.45) is 10.8 Å². The Hall–Kier alpha value is -2.30. The Labute approximate surface area is 173 Å². The van der Waals surface area contributed by atoms with Gasteiger partial charge in [0.2, 0.25) is 0 Å². The van der Waals surface area contributed by atoms with Crippen LogP contribution >= 0.6 is 0 Å². The zero-order valence-corrected chi connectivity index (χ0v) is 19.0. The van der Waals surface area contributed by atoms with Gasteiger partial charge in [0.05, 0.1) is 12.0 Å². The van der Waals surface area contributed by atoms with E-state index in [1.807, 2.05) is 34.6 Å². The van der Waals surface area contributed by atoms with Crippen LogP contribution in [0, 0.1) is 10.8 Å². The normalized spacial score (nSPS) is 12.4. The van der Waals surface area contributed by atoms with E-state index in [9.17, 15) is 9.59 Å². The lowest BCUT2D eigenvalue weighted by atomic mass is 9.73. The molecule has 0 amide bonds. The molecule has 29 heavy (non-hydrogen) atoms. The molecule has 0 aromatic heterocycles. The summed E-state index contributed by atoms with van der Waals surface area (Å²) in [6, 6.07) is 0. The number of hydrogen-bond acceptors (Lipinski definition) is 8. The molecular formula is C21H36O8. The van der Waals surface area contributed by atoms with Gasteiger partial charge in [0, 0.05) is 6.42 Å². The molecule has 0 bridgehead atoms. The minimum atomic E-state index is -0.597. The van der Waals surface area contributed by atoms with E-state index >= 15 is 0 Å². The van der Waals surface area contributed by atoms with Gasteiger partial charge in [-0.2, -0.15) is 19.2 Å². The summed E-state index contributed by atoms with van der Waals surface area (Å²) in [7, 11) is 0. The van der Waals surface area contributed by atoms with Crippen LogP contribution in [0.1, 0.15) is 87.5 Å². The van der Waals surface area contributed by atoms with E-state index in [0.29, 0.717) is 19.4 Å². The van der Waals surface area contributed by atoms with Crippen molar-refractivity contribution in [3.05, 3.63) is 0 Å². The van der Waals surface area contributed by atoms with E-state index < -0.39 is 11.0 Å². The fourth-order valence-corrected chi connectivity index (χ4v) is 2.46. The third-order valence-corrected chi connectivity index (χ3v) is 3.97. The summed E-state index contributed by atoms with van der Waals surface area (Å²) in [6.45, 7) is 16.2. The first-order valence-electron chi connectivity index (χ1n) is 9.56. The first kappa shape index (κ1) is 31.4.